The highest BCUT2D eigenvalue weighted by molar-refractivity contribution is 5.73. The number of nitrogen functional groups attached to an aromatic ring is 1. The van der Waals surface area contributed by atoms with Crippen molar-refractivity contribution in [1.82, 2.24) is 19.6 Å². The highest BCUT2D eigenvalue weighted by Gasteiger charge is 2.19. The van der Waals surface area contributed by atoms with Crippen LogP contribution >= 0.6 is 0 Å². The van der Waals surface area contributed by atoms with Gasteiger partial charge in [-0.25, -0.2) is 0 Å². The van der Waals surface area contributed by atoms with Crippen LogP contribution in [0.25, 0.3) is 11.3 Å². The molecule has 2 aromatic rings. The molecule has 0 aliphatic heterocycles. The molecule has 0 aliphatic carbocycles. The molecule has 5 heteroatoms. The van der Waals surface area contributed by atoms with E-state index in [1.807, 2.05) is 31.0 Å². The molecule has 0 atom stereocenters. The monoisotopic (exact) mass is 233 g/mol. The minimum absolute atomic E-state index is 0.0670. The maximum atomic E-state index is 6.03. The SMILES string of the molecule is Cc1nn(C)cc1-c1nn(C(C)(C)C)cc1N. The molecule has 92 valence electrons. The lowest BCUT2D eigenvalue weighted by Gasteiger charge is -2.18. The number of aromatic nitrogens is 4. The predicted octanol–water partition coefficient (Wildman–Crippen LogP) is 1.93. The van der Waals surface area contributed by atoms with E-state index < -0.39 is 0 Å². The summed E-state index contributed by atoms with van der Waals surface area (Å²) in [4.78, 5) is 0. The van der Waals surface area contributed by atoms with Crippen LogP contribution in [0, 0.1) is 6.92 Å². The van der Waals surface area contributed by atoms with Crippen LogP contribution in [0.5, 0.6) is 0 Å². The van der Waals surface area contributed by atoms with Crippen LogP contribution in [0.15, 0.2) is 12.4 Å². The second-order valence-electron chi connectivity index (χ2n) is 5.35. The van der Waals surface area contributed by atoms with Crippen LogP contribution < -0.4 is 5.73 Å². The number of hydrogen-bond donors (Lipinski definition) is 1. The summed E-state index contributed by atoms with van der Waals surface area (Å²) in [5.41, 5.74) is 9.40. The summed E-state index contributed by atoms with van der Waals surface area (Å²) >= 11 is 0. The van der Waals surface area contributed by atoms with E-state index in [4.69, 9.17) is 5.73 Å². The van der Waals surface area contributed by atoms with Gasteiger partial charge in [-0.1, -0.05) is 0 Å². The number of hydrogen-bond acceptors (Lipinski definition) is 3. The van der Waals surface area contributed by atoms with E-state index in [2.05, 4.69) is 31.0 Å². The lowest BCUT2D eigenvalue weighted by atomic mass is 10.1. The Morgan fingerprint density at radius 2 is 1.82 bits per heavy atom. The fraction of sp³-hybridized carbons (Fsp3) is 0.500. The number of nitrogens with zero attached hydrogens (tertiary/aromatic N) is 4. The van der Waals surface area contributed by atoms with E-state index in [0.717, 1.165) is 17.0 Å². The first-order valence-corrected chi connectivity index (χ1v) is 5.65. The van der Waals surface area contributed by atoms with E-state index in [-0.39, 0.29) is 5.54 Å². The molecule has 0 aromatic carbocycles. The Hall–Kier alpha value is -1.78. The second-order valence-corrected chi connectivity index (χ2v) is 5.35. The van der Waals surface area contributed by atoms with Gasteiger partial charge >= 0.3 is 0 Å². The third-order valence-electron chi connectivity index (χ3n) is 2.70. The highest BCUT2D eigenvalue weighted by atomic mass is 15.3. The van der Waals surface area contributed by atoms with Crippen LogP contribution in [0.1, 0.15) is 26.5 Å². The molecule has 5 nitrogen and oxygen atoms in total. The lowest BCUT2D eigenvalue weighted by molar-refractivity contribution is 0.356. The molecule has 2 aromatic heterocycles. The number of nitrogens with two attached hydrogens (primary N) is 1. The molecule has 0 radical (unpaired) electrons. The van der Waals surface area contributed by atoms with Gasteiger partial charge in [0.1, 0.15) is 5.69 Å². The first-order chi connectivity index (χ1) is 7.79. The van der Waals surface area contributed by atoms with E-state index in [1.165, 1.54) is 0 Å². The van der Waals surface area contributed by atoms with E-state index in [1.54, 1.807) is 4.68 Å². The molecule has 0 fully saturated rings. The van der Waals surface area contributed by atoms with Crippen LogP contribution in [0.2, 0.25) is 0 Å². The Labute approximate surface area is 101 Å². The summed E-state index contributed by atoms with van der Waals surface area (Å²) in [6, 6.07) is 0. The summed E-state index contributed by atoms with van der Waals surface area (Å²) in [7, 11) is 1.90. The maximum absolute atomic E-state index is 6.03. The van der Waals surface area contributed by atoms with Crippen molar-refractivity contribution in [2.75, 3.05) is 5.73 Å². The minimum atomic E-state index is -0.0670. The summed E-state index contributed by atoms with van der Waals surface area (Å²) in [6.07, 6.45) is 3.82. The highest BCUT2D eigenvalue weighted by Crippen LogP contribution is 2.28. The molecular weight excluding hydrogens is 214 g/mol. The van der Waals surface area contributed by atoms with E-state index in [9.17, 15) is 0 Å². The first kappa shape index (κ1) is 11.7. The fourth-order valence-electron chi connectivity index (χ4n) is 1.77. The third kappa shape index (κ3) is 2.05. The van der Waals surface area contributed by atoms with Gasteiger partial charge in [-0.15, -0.1) is 0 Å². The van der Waals surface area contributed by atoms with Crippen molar-refractivity contribution in [2.45, 2.75) is 33.2 Å². The van der Waals surface area contributed by atoms with Gasteiger partial charge < -0.3 is 5.73 Å². The first-order valence-electron chi connectivity index (χ1n) is 5.65. The number of anilines is 1. The Morgan fingerprint density at radius 3 is 2.24 bits per heavy atom. The molecule has 2 rings (SSSR count). The van der Waals surface area contributed by atoms with Crippen molar-refractivity contribution in [2.24, 2.45) is 7.05 Å². The fourth-order valence-corrected chi connectivity index (χ4v) is 1.77. The lowest BCUT2D eigenvalue weighted by Crippen LogP contribution is -2.22. The molecule has 0 saturated heterocycles. The standard InChI is InChI=1S/C12H19N5/c1-8-9(6-16(5)14-8)11-10(13)7-17(15-11)12(2,3)4/h6-7H,13H2,1-5H3. The molecule has 0 amide bonds. The minimum Gasteiger partial charge on any atom is -0.396 e. The zero-order chi connectivity index (χ0) is 12.8. The average Bonchev–Trinajstić information content (AvgIpc) is 2.68. The topological polar surface area (TPSA) is 61.7 Å². The summed E-state index contributed by atoms with van der Waals surface area (Å²) in [5.74, 6) is 0. The van der Waals surface area contributed by atoms with Crippen LogP contribution in [-0.4, -0.2) is 19.6 Å². The van der Waals surface area contributed by atoms with Crippen molar-refractivity contribution in [1.29, 1.82) is 0 Å². The van der Waals surface area contributed by atoms with E-state index >= 15 is 0 Å². The summed E-state index contributed by atoms with van der Waals surface area (Å²) in [6.45, 7) is 8.25. The third-order valence-corrected chi connectivity index (χ3v) is 2.70. The zero-order valence-electron chi connectivity index (χ0n) is 11.0. The molecule has 0 unspecified atom stereocenters. The molecule has 0 spiro atoms. The van der Waals surface area contributed by atoms with Gasteiger partial charge in [0.05, 0.1) is 16.9 Å². The van der Waals surface area contributed by atoms with Gasteiger partial charge in [-0.05, 0) is 27.7 Å². The van der Waals surface area contributed by atoms with Crippen LogP contribution in [0.4, 0.5) is 5.69 Å². The van der Waals surface area contributed by atoms with Crippen molar-refractivity contribution in [3.05, 3.63) is 18.1 Å². The van der Waals surface area contributed by atoms with Crippen molar-refractivity contribution < 1.29 is 0 Å². The Kier molecular flexibility index (Phi) is 2.49. The molecule has 2 N–H and O–H groups in total. The predicted molar refractivity (Wildman–Crippen MR) is 68.6 cm³/mol. The van der Waals surface area contributed by atoms with Gasteiger partial charge in [-0.2, -0.15) is 10.2 Å². The number of rotatable bonds is 1. The molecule has 0 bridgehead atoms. The van der Waals surface area contributed by atoms with Gasteiger partial charge in [0, 0.05) is 25.0 Å². The molecule has 17 heavy (non-hydrogen) atoms. The summed E-state index contributed by atoms with van der Waals surface area (Å²) in [5, 5.41) is 8.88. The maximum Gasteiger partial charge on any atom is 0.119 e. The molecule has 2 heterocycles. The molecular formula is C12H19N5. The van der Waals surface area contributed by atoms with Crippen LogP contribution in [-0.2, 0) is 12.6 Å². The molecule has 0 aliphatic rings. The van der Waals surface area contributed by atoms with Crippen LogP contribution in [0.3, 0.4) is 0 Å². The Bertz CT molecular complexity index is 542. The van der Waals surface area contributed by atoms with Gasteiger partial charge in [-0.3, -0.25) is 9.36 Å². The van der Waals surface area contributed by atoms with Crippen molar-refractivity contribution in [3.8, 4) is 11.3 Å². The van der Waals surface area contributed by atoms with Gasteiger partial charge in [0.25, 0.3) is 0 Å². The smallest absolute Gasteiger partial charge is 0.119 e. The van der Waals surface area contributed by atoms with Crippen molar-refractivity contribution in [3.63, 3.8) is 0 Å². The van der Waals surface area contributed by atoms with E-state index in [0.29, 0.717) is 5.69 Å². The quantitative estimate of drug-likeness (QED) is 0.818. The molecule has 0 saturated carbocycles. The largest absolute Gasteiger partial charge is 0.396 e. The Balaban J connectivity index is 2.54. The zero-order valence-corrected chi connectivity index (χ0v) is 11.0. The van der Waals surface area contributed by atoms with Gasteiger partial charge in [0.2, 0.25) is 0 Å². The number of aryl methyl sites for hydroxylation is 2. The Morgan fingerprint density at radius 1 is 1.18 bits per heavy atom. The summed E-state index contributed by atoms with van der Waals surface area (Å²) < 4.78 is 3.67. The average molecular weight is 233 g/mol. The second kappa shape index (κ2) is 3.61. The van der Waals surface area contributed by atoms with Gasteiger partial charge in [0.15, 0.2) is 0 Å². The van der Waals surface area contributed by atoms with Crippen molar-refractivity contribution >= 4 is 5.69 Å². The normalized spacial score (nSPS) is 12.1.